The summed E-state index contributed by atoms with van der Waals surface area (Å²) in [5, 5.41) is 0.701. The van der Waals surface area contributed by atoms with Crippen molar-refractivity contribution in [1.82, 2.24) is 0 Å². The molecule has 0 aromatic rings. The van der Waals surface area contributed by atoms with Gasteiger partial charge >= 0.3 is 0 Å². The highest BCUT2D eigenvalue weighted by Gasteiger charge is 1.97. The number of rotatable bonds is 2. The van der Waals surface area contributed by atoms with Crippen LogP contribution in [0.2, 0.25) is 0 Å². The topological polar surface area (TPSA) is 0 Å². The molecule has 0 unspecified atom stereocenters. The Morgan fingerprint density at radius 2 is 2.25 bits per heavy atom. The highest BCUT2D eigenvalue weighted by atomic mass is 32.2. The quantitative estimate of drug-likeness (QED) is 0.552. The fraction of sp³-hybridized carbons (Fsp3) is 0.833. The van der Waals surface area contributed by atoms with Gasteiger partial charge in [0, 0.05) is 9.45 Å². The van der Waals surface area contributed by atoms with E-state index in [0.717, 1.165) is 4.20 Å². The Morgan fingerprint density at radius 3 is 2.38 bits per heavy atom. The average molecular weight is 148 g/mol. The summed E-state index contributed by atoms with van der Waals surface area (Å²) >= 11 is 6.69. The van der Waals surface area contributed by atoms with Gasteiger partial charge in [-0.2, -0.15) is 0 Å². The summed E-state index contributed by atoms with van der Waals surface area (Å²) in [6.07, 6.45) is 1.21. The molecule has 0 bridgehead atoms. The molecular weight excluding hydrogens is 136 g/mol. The summed E-state index contributed by atoms with van der Waals surface area (Å²) < 4.78 is 1.05. The summed E-state index contributed by atoms with van der Waals surface area (Å²) in [5.41, 5.74) is 0. The van der Waals surface area contributed by atoms with Crippen LogP contribution in [0.5, 0.6) is 0 Å². The molecule has 0 nitrogen and oxygen atoms in total. The number of thioether (sulfide) groups is 1. The summed E-state index contributed by atoms with van der Waals surface area (Å²) in [6.45, 7) is 6.35. The molecule has 0 aliphatic heterocycles. The molecule has 48 valence electrons. The van der Waals surface area contributed by atoms with E-state index in [0.29, 0.717) is 5.25 Å². The minimum Gasteiger partial charge on any atom is -0.116 e. The van der Waals surface area contributed by atoms with Crippen molar-refractivity contribution in [3.8, 4) is 0 Å². The molecule has 0 saturated carbocycles. The van der Waals surface area contributed by atoms with E-state index < -0.39 is 0 Å². The Hall–Kier alpha value is 0.440. The van der Waals surface area contributed by atoms with Crippen LogP contribution in [0.1, 0.15) is 27.2 Å². The molecule has 0 spiro atoms. The molecule has 0 amide bonds. The van der Waals surface area contributed by atoms with Gasteiger partial charge in [0.25, 0.3) is 0 Å². The number of hydrogen-bond donors (Lipinski definition) is 0. The summed E-state index contributed by atoms with van der Waals surface area (Å²) in [7, 11) is 0. The molecule has 0 heterocycles. The Labute approximate surface area is 61.0 Å². The van der Waals surface area contributed by atoms with Crippen molar-refractivity contribution in [2.75, 3.05) is 0 Å². The van der Waals surface area contributed by atoms with E-state index in [1.165, 1.54) is 6.42 Å². The van der Waals surface area contributed by atoms with Crippen LogP contribution in [0.3, 0.4) is 0 Å². The zero-order valence-corrected chi connectivity index (χ0v) is 7.23. The molecule has 0 N–H and O–H groups in total. The van der Waals surface area contributed by atoms with Gasteiger partial charge in [0.15, 0.2) is 0 Å². The predicted molar refractivity (Wildman–Crippen MR) is 45.6 cm³/mol. The van der Waals surface area contributed by atoms with Crippen LogP contribution in [0.25, 0.3) is 0 Å². The third-order valence-corrected chi connectivity index (χ3v) is 2.30. The maximum Gasteiger partial charge on any atom is 0.0450 e. The van der Waals surface area contributed by atoms with E-state index in [9.17, 15) is 0 Å². The molecule has 0 saturated heterocycles. The van der Waals surface area contributed by atoms with Crippen molar-refractivity contribution < 1.29 is 0 Å². The molecule has 2 heteroatoms. The zero-order valence-electron chi connectivity index (χ0n) is 5.60. The van der Waals surface area contributed by atoms with Crippen LogP contribution in [0, 0.1) is 0 Å². The SMILES string of the molecule is CC[C@@H](C)SC(C)=S. The van der Waals surface area contributed by atoms with Gasteiger partial charge in [-0.05, 0) is 13.3 Å². The van der Waals surface area contributed by atoms with Crippen LogP contribution in [-0.4, -0.2) is 9.45 Å². The highest BCUT2D eigenvalue weighted by molar-refractivity contribution is 8.23. The Bertz CT molecular complexity index is 78.6. The van der Waals surface area contributed by atoms with Crippen molar-refractivity contribution >= 4 is 28.2 Å². The van der Waals surface area contributed by atoms with Crippen LogP contribution in [0.15, 0.2) is 0 Å². The molecule has 0 aliphatic rings. The lowest BCUT2D eigenvalue weighted by Gasteiger charge is -2.03. The van der Waals surface area contributed by atoms with Gasteiger partial charge in [-0.25, -0.2) is 0 Å². The second-order valence-corrected chi connectivity index (χ2v) is 4.35. The minimum atomic E-state index is 0.701. The first-order valence-corrected chi connectivity index (χ1v) is 4.12. The van der Waals surface area contributed by atoms with Gasteiger partial charge in [0.05, 0.1) is 0 Å². The Balaban J connectivity index is 3.24. The third-order valence-electron chi connectivity index (χ3n) is 0.942. The van der Waals surface area contributed by atoms with Crippen LogP contribution in [0.4, 0.5) is 0 Å². The lowest BCUT2D eigenvalue weighted by atomic mass is 10.4. The Morgan fingerprint density at radius 1 is 1.75 bits per heavy atom. The van der Waals surface area contributed by atoms with E-state index in [1.54, 1.807) is 11.8 Å². The normalized spacial score (nSPS) is 13.4. The molecule has 0 fully saturated rings. The largest absolute Gasteiger partial charge is 0.116 e. The van der Waals surface area contributed by atoms with Crippen molar-refractivity contribution in [3.05, 3.63) is 0 Å². The molecule has 8 heavy (non-hydrogen) atoms. The highest BCUT2D eigenvalue weighted by Crippen LogP contribution is 2.14. The fourth-order valence-corrected chi connectivity index (χ4v) is 1.59. The van der Waals surface area contributed by atoms with Gasteiger partial charge in [0.1, 0.15) is 0 Å². The van der Waals surface area contributed by atoms with Crippen molar-refractivity contribution in [2.24, 2.45) is 0 Å². The lowest BCUT2D eigenvalue weighted by molar-refractivity contribution is 0.911. The molecule has 1 atom stereocenters. The van der Waals surface area contributed by atoms with Crippen molar-refractivity contribution in [3.63, 3.8) is 0 Å². The Kier molecular flexibility index (Phi) is 4.57. The van der Waals surface area contributed by atoms with Crippen LogP contribution < -0.4 is 0 Å². The lowest BCUT2D eigenvalue weighted by Crippen LogP contribution is -1.94. The van der Waals surface area contributed by atoms with E-state index in [4.69, 9.17) is 12.2 Å². The first kappa shape index (κ1) is 8.44. The standard InChI is InChI=1S/C6H12S2/c1-4-5(2)8-6(3)7/h5H,4H2,1-3H3/t5-/m1/s1. The molecule has 0 aromatic carbocycles. The van der Waals surface area contributed by atoms with Crippen molar-refractivity contribution in [1.29, 1.82) is 0 Å². The smallest absolute Gasteiger partial charge is 0.0450 e. The number of hydrogen-bond acceptors (Lipinski definition) is 2. The zero-order chi connectivity index (χ0) is 6.57. The van der Waals surface area contributed by atoms with Gasteiger partial charge < -0.3 is 0 Å². The average Bonchev–Trinajstić information content (AvgIpc) is 1.65. The monoisotopic (exact) mass is 148 g/mol. The van der Waals surface area contributed by atoms with E-state index >= 15 is 0 Å². The molecule has 0 rings (SSSR count). The second-order valence-electron chi connectivity index (χ2n) is 1.83. The second kappa shape index (κ2) is 4.33. The first-order chi connectivity index (χ1) is 3.66. The van der Waals surface area contributed by atoms with E-state index in [-0.39, 0.29) is 0 Å². The van der Waals surface area contributed by atoms with Gasteiger partial charge in [0.2, 0.25) is 0 Å². The maximum absolute atomic E-state index is 4.90. The van der Waals surface area contributed by atoms with E-state index in [1.807, 2.05) is 6.92 Å². The first-order valence-electron chi connectivity index (χ1n) is 2.84. The summed E-state index contributed by atoms with van der Waals surface area (Å²) in [5.74, 6) is 0. The molecule has 0 aliphatic carbocycles. The maximum atomic E-state index is 4.90. The van der Waals surface area contributed by atoms with E-state index in [2.05, 4.69) is 13.8 Å². The third kappa shape index (κ3) is 4.60. The molecule has 0 aromatic heterocycles. The summed E-state index contributed by atoms with van der Waals surface area (Å²) in [6, 6.07) is 0. The van der Waals surface area contributed by atoms with Gasteiger partial charge in [-0.15, -0.1) is 11.8 Å². The number of thiocarbonyl (C=S) groups is 1. The minimum absolute atomic E-state index is 0.701. The van der Waals surface area contributed by atoms with Crippen LogP contribution in [-0.2, 0) is 0 Å². The predicted octanol–water partition coefficient (Wildman–Crippen LogP) is 2.87. The van der Waals surface area contributed by atoms with Crippen molar-refractivity contribution in [2.45, 2.75) is 32.4 Å². The summed E-state index contributed by atoms with van der Waals surface area (Å²) in [4.78, 5) is 0. The molecule has 0 radical (unpaired) electrons. The van der Waals surface area contributed by atoms with Crippen LogP contribution >= 0.6 is 24.0 Å². The molecular formula is C6H12S2. The fourth-order valence-electron chi connectivity index (χ4n) is 0.367. The van der Waals surface area contributed by atoms with Gasteiger partial charge in [-0.1, -0.05) is 26.1 Å². The van der Waals surface area contributed by atoms with Gasteiger partial charge in [-0.3, -0.25) is 0 Å².